The lowest BCUT2D eigenvalue weighted by molar-refractivity contribution is 0.265. The standard InChI is InChI=1S/C17H18FN3/c1-2-21(11-13-6-4-3-5-7-13)12-17-19-15-9-8-14(18)10-16(15)20-17/h3-10H,2,11-12H2,1H3,(H,19,20). The molecule has 0 aliphatic heterocycles. The van der Waals surface area contributed by atoms with Crippen molar-refractivity contribution in [3.05, 3.63) is 65.7 Å². The van der Waals surface area contributed by atoms with Crippen LogP contribution in [0, 0.1) is 5.82 Å². The summed E-state index contributed by atoms with van der Waals surface area (Å²) in [4.78, 5) is 10.0. The number of rotatable bonds is 5. The van der Waals surface area contributed by atoms with Crippen molar-refractivity contribution in [1.29, 1.82) is 0 Å². The molecule has 0 amide bonds. The van der Waals surface area contributed by atoms with E-state index in [-0.39, 0.29) is 5.82 Å². The molecule has 3 nitrogen and oxygen atoms in total. The van der Waals surface area contributed by atoms with Crippen LogP contribution in [0.1, 0.15) is 18.3 Å². The summed E-state index contributed by atoms with van der Waals surface area (Å²) in [6.07, 6.45) is 0. The van der Waals surface area contributed by atoms with Gasteiger partial charge in [0.15, 0.2) is 0 Å². The van der Waals surface area contributed by atoms with E-state index in [0.29, 0.717) is 0 Å². The van der Waals surface area contributed by atoms with Gasteiger partial charge in [0.05, 0.1) is 17.6 Å². The Bertz CT molecular complexity index is 721. The predicted octanol–water partition coefficient (Wildman–Crippen LogP) is 3.72. The highest BCUT2D eigenvalue weighted by atomic mass is 19.1. The molecule has 4 heteroatoms. The minimum Gasteiger partial charge on any atom is -0.341 e. The molecule has 0 radical (unpaired) electrons. The van der Waals surface area contributed by atoms with E-state index in [2.05, 4.69) is 33.9 Å². The van der Waals surface area contributed by atoms with E-state index in [4.69, 9.17) is 0 Å². The lowest BCUT2D eigenvalue weighted by Gasteiger charge is -2.19. The Morgan fingerprint density at radius 2 is 1.90 bits per heavy atom. The van der Waals surface area contributed by atoms with E-state index >= 15 is 0 Å². The van der Waals surface area contributed by atoms with Crippen molar-refractivity contribution < 1.29 is 4.39 Å². The van der Waals surface area contributed by atoms with E-state index in [1.54, 1.807) is 6.07 Å². The zero-order valence-corrected chi connectivity index (χ0v) is 12.0. The third-order valence-electron chi connectivity index (χ3n) is 3.56. The first-order chi connectivity index (χ1) is 10.2. The Balaban J connectivity index is 1.76. The topological polar surface area (TPSA) is 31.9 Å². The highest BCUT2D eigenvalue weighted by molar-refractivity contribution is 5.74. The van der Waals surface area contributed by atoms with Gasteiger partial charge in [0.2, 0.25) is 0 Å². The first kappa shape index (κ1) is 13.8. The molecule has 3 rings (SSSR count). The molecule has 0 unspecified atom stereocenters. The number of benzene rings is 2. The van der Waals surface area contributed by atoms with Crippen LogP contribution in [0.5, 0.6) is 0 Å². The second-order valence-corrected chi connectivity index (χ2v) is 5.13. The van der Waals surface area contributed by atoms with Gasteiger partial charge < -0.3 is 4.98 Å². The Hall–Kier alpha value is -2.20. The van der Waals surface area contributed by atoms with Gasteiger partial charge in [-0.25, -0.2) is 9.37 Å². The Morgan fingerprint density at radius 3 is 2.67 bits per heavy atom. The quantitative estimate of drug-likeness (QED) is 0.774. The summed E-state index contributed by atoms with van der Waals surface area (Å²) in [5.74, 6) is 0.628. The first-order valence-electron chi connectivity index (χ1n) is 7.15. The minimum absolute atomic E-state index is 0.241. The van der Waals surface area contributed by atoms with Crippen molar-refractivity contribution in [1.82, 2.24) is 14.9 Å². The van der Waals surface area contributed by atoms with Gasteiger partial charge in [-0.1, -0.05) is 37.3 Å². The molecule has 1 heterocycles. The number of hydrogen-bond donors (Lipinski definition) is 1. The van der Waals surface area contributed by atoms with Crippen molar-refractivity contribution in [2.24, 2.45) is 0 Å². The maximum atomic E-state index is 13.2. The van der Waals surface area contributed by atoms with Crippen LogP contribution < -0.4 is 0 Å². The highest BCUT2D eigenvalue weighted by Crippen LogP contribution is 2.15. The monoisotopic (exact) mass is 283 g/mol. The number of halogens is 1. The molecule has 21 heavy (non-hydrogen) atoms. The zero-order valence-electron chi connectivity index (χ0n) is 12.0. The Labute approximate surface area is 123 Å². The van der Waals surface area contributed by atoms with Crippen LogP contribution in [0.2, 0.25) is 0 Å². The number of H-pyrrole nitrogens is 1. The van der Waals surface area contributed by atoms with Crippen molar-refractivity contribution >= 4 is 11.0 Å². The molecule has 0 fully saturated rings. The van der Waals surface area contributed by atoms with E-state index in [1.807, 2.05) is 18.2 Å². The molecule has 1 aromatic heterocycles. The highest BCUT2D eigenvalue weighted by Gasteiger charge is 2.09. The fraction of sp³-hybridized carbons (Fsp3) is 0.235. The summed E-state index contributed by atoms with van der Waals surface area (Å²) in [7, 11) is 0. The number of imidazole rings is 1. The zero-order chi connectivity index (χ0) is 14.7. The predicted molar refractivity (Wildman–Crippen MR) is 82.3 cm³/mol. The third kappa shape index (κ3) is 3.28. The van der Waals surface area contributed by atoms with Gasteiger partial charge in [-0.2, -0.15) is 0 Å². The average molecular weight is 283 g/mol. The summed E-state index contributed by atoms with van der Waals surface area (Å²) in [6.45, 7) is 4.66. The van der Waals surface area contributed by atoms with Crippen molar-refractivity contribution in [3.63, 3.8) is 0 Å². The fourth-order valence-corrected chi connectivity index (χ4v) is 2.44. The number of fused-ring (bicyclic) bond motifs is 1. The maximum Gasteiger partial charge on any atom is 0.125 e. The van der Waals surface area contributed by atoms with Gasteiger partial charge in [0.1, 0.15) is 11.6 Å². The summed E-state index contributed by atoms with van der Waals surface area (Å²) in [6, 6.07) is 15.0. The molecule has 0 atom stereocenters. The molecule has 0 saturated heterocycles. The summed E-state index contributed by atoms with van der Waals surface area (Å²) >= 11 is 0. The van der Waals surface area contributed by atoms with E-state index in [0.717, 1.165) is 36.5 Å². The Kier molecular flexibility index (Phi) is 3.97. The third-order valence-corrected chi connectivity index (χ3v) is 3.56. The van der Waals surface area contributed by atoms with Crippen LogP contribution in [0.3, 0.4) is 0 Å². The lowest BCUT2D eigenvalue weighted by Crippen LogP contribution is -2.22. The normalized spacial score (nSPS) is 11.4. The van der Waals surface area contributed by atoms with Gasteiger partial charge in [-0.15, -0.1) is 0 Å². The van der Waals surface area contributed by atoms with Crippen molar-refractivity contribution in [2.45, 2.75) is 20.0 Å². The summed E-state index contributed by atoms with van der Waals surface area (Å²) in [5, 5.41) is 0. The molecule has 3 aromatic rings. The molecule has 0 bridgehead atoms. The van der Waals surface area contributed by atoms with Crippen LogP contribution in [0.25, 0.3) is 11.0 Å². The average Bonchev–Trinajstić information content (AvgIpc) is 2.89. The molecule has 2 aromatic carbocycles. The van der Waals surface area contributed by atoms with Crippen molar-refractivity contribution in [3.8, 4) is 0 Å². The first-order valence-corrected chi connectivity index (χ1v) is 7.15. The van der Waals surface area contributed by atoms with Crippen LogP contribution in [-0.2, 0) is 13.1 Å². The van der Waals surface area contributed by atoms with Crippen molar-refractivity contribution in [2.75, 3.05) is 6.54 Å². The largest absolute Gasteiger partial charge is 0.341 e. The molecular formula is C17H18FN3. The van der Waals surface area contributed by atoms with E-state index in [1.165, 1.54) is 17.7 Å². The van der Waals surface area contributed by atoms with Crippen LogP contribution in [0.4, 0.5) is 4.39 Å². The SMILES string of the molecule is CCN(Cc1ccccc1)Cc1nc2ccc(F)cc2[nH]1. The molecule has 108 valence electrons. The molecule has 0 saturated carbocycles. The summed E-state index contributed by atoms with van der Waals surface area (Å²) in [5.41, 5.74) is 2.84. The number of hydrogen-bond acceptors (Lipinski definition) is 2. The molecule has 0 aliphatic rings. The fourth-order valence-electron chi connectivity index (χ4n) is 2.44. The molecular weight excluding hydrogens is 265 g/mol. The number of nitrogens with zero attached hydrogens (tertiary/aromatic N) is 2. The number of nitrogens with one attached hydrogen (secondary N) is 1. The maximum absolute atomic E-state index is 13.2. The van der Waals surface area contributed by atoms with Gasteiger partial charge >= 0.3 is 0 Å². The van der Waals surface area contributed by atoms with Gasteiger partial charge in [0.25, 0.3) is 0 Å². The van der Waals surface area contributed by atoms with Crippen LogP contribution in [0.15, 0.2) is 48.5 Å². The molecule has 0 aliphatic carbocycles. The van der Waals surface area contributed by atoms with Gasteiger partial charge in [0, 0.05) is 6.54 Å². The number of aromatic amines is 1. The van der Waals surface area contributed by atoms with Crippen LogP contribution >= 0.6 is 0 Å². The van der Waals surface area contributed by atoms with E-state index in [9.17, 15) is 4.39 Å². The number of aromatic nitrogens is 2. The second-order valence-electron chi connectivity index (χ2n) is 5.13. The Morgan fingerprint density at radius 1 is 1.10 bits per heavy atom. The second kappa shape index (κ2) is 6.06. The molecule has 0 spiro atoms. The lowest BCUT2D eigenvalue weighted by atomic mass is 10.2. The van der Waals surface area contributed by atoms with Gasteiger partial charge in [-0.3, -0.25) is 4.90 Å². The van der Waals surface area contributed by atoms with Crippen LogP contribution in [-0.4, -0.2) is 21.4 Å². The molecule has 1 N–H and O–H groups in total. The minimum atomic E-state index is -0.241. The summed E-state index contributed by atoms with van der Waals surface area (Å²) < 4.78 is 13.2. The van der Waals surface area contributed by atoms with E-state index < -0.39 is 0 Å². The smallest absolute Gasteiger partial charge is 0.125 e. The van der Waals surface area contributed by atoms with Gasteiger partial charge in [-0.05, 0) is 30.3 Å².